The molecule has 11 heteroatoms. The van der Waals surface area contributed by atoms with Crippen molar-refractivity contribution in [3.8, 4) is 34.5 Å². The van der Waals surface area contributed by atoms with Crippen molar-refractivity contribution in [2.75, 3.05) is 53.9 Å². The van der Waals surface area contributed by atoms with Crippen molar-refractivity contribution in [3.63, 3.8) is 0 Å². The molecule has 0 radical (unpaired) electrons. The predicted molar refractivity (Wildman–Crippen MR) is 234 cm³/mol. The number of unbranched alkanes of at least 4 members (excludes halogenated alkanes) is 8. The molecule has 58 heavy (non-hydrogen) atoms. The van der Waals surface area contributed by atoms with Crippen LogP contribution >= 0.6 is 15.9 Å². The molecule has 0 heterocycles. The van der Waals surface area contributed by atoms with Gasteiger partial charge in [0.1, 0.15) is 11.5 Å². The van der Waals surface area contributed by atoms with Gasteiger partial charge in [0, 0.05) is 23.5 Å². The smallest absolute Gasteiger partial charge is 0.330 e. The highest BCUT2D eigenvalue weighted by atomic mass is 79.9. The zero-order chi connectivity index (χ0) is 41.6. The summed E-state index contributed by atoms with van der Waals surface area (Å²) in [5.41, 5.74) is 2.75. The highest BCUT2D eigenvalue weighted by molar-refractivity contribution is 9.08. The fraction of sp³-hybridized carbons (Fsp3) is 0.489. The summed E-state index contributed by atoms with van der Waals surface area (Å²) in [5, 5.41) is 0.700. The van der Waals surface area contributed by atoms with Crippen molar-refractivity contribution in [2.45, 2.75) is 96.2 Å². The molecule has 0 saturated carbocycles. The first-order valence-electron chi connectivity index (χ1n) is 20.7. The fourth-order valence-electron chi connectivity index (χ4n) is 5.61. The van der Waals surface area contributed by atoms with E-state index in [0.29, 0.717) is 68.0 Å². The lowest BCUT2D eigenvalue weighted by Crippen LogP contribution is -2.03. The van der Waals surface area contributed by atoms with Crippen LogP contribution in [0.3, 0.4) is 0 Å². The van der Waals surface area contributed by atoms with E-state index in [-0.39, 0.29) is 11.9 Å². The maximum Gasteiger partial charge on any atom is 0.330 e. The number of ether oxygens (including phenoxy) is 8. The van der Waals surface area contributed by atoms with Crippen LogP contribution in [0.1, 0.15) is 108 Å². The molecule has 0 bridgehead atoms. The second-order valence-corrected chi connectivity index (χ2v) is 14.3. The Hall–Kier alpha value is -4.64. The molecule has 0 aliphatic carbocycles. The second-order valence-electron chi connectivity index (χ2n) is 13.7. The SMILES string of the molecule is CCCCOc1ccc(C=CC(=O)OCCCCCCOc2cc(CBr)cc(OCCCCCCOC(=O)C=Cc3ccc(OCCCC)c(OC)c3)c2)cc1OC. The van der Waals surface area contributed by atoms with Crippen molar-refractivity contribution in [2.24, 2.45) is 0 Å². The average molecular weight is 868 g/mol. The summed E-state index contributed by atoms with van der Waals surface area (Å²) in [4.78, 5) is 24.4. The Bertz CT molecular complexity index is 1570. The number of hydrogen-bond donors (Lipinski definition) is 0. The molecular formula is C47H63BrO10. The minimum Gasteiger partial charge on any atom is -0.493 e. The molecule has 3 rings (SSSR count). The van der Waals surface area contributed by atoms with Crippen LogP contribution in [0.4, 0.5) is 0 Å². The van der Waals surface area contributed by atoms with Crippen molar-refractivity contribution in [1.29, 1.82) is 0 Å². The lowest BCUT2D eigenvalue weighted by atomic mass is 10.2. The minimum atomic E-state index is -0.369. The molecule has 0 aromatic heterocycles. The maximum atomic E-state index is 12.2. The molecule has 0 atom stereocenters. The molecule has 0 spiro atoms. The molecule has 0 unspecified atom stereocenters. The van der Waals surface area contributed by atoms with Gasteiger partial charge in [-0.1, -0.05) is 54.8 Å². The summed E-state index contributed by atoms with van der Waals surface area (Å²) in [6.45, 7) is 7.45. The lowest BCUT2D eigenvalue weighted by Gasteiger charge is -2.12. The molecule has 0 saturated heterocycles. The van der Waals surface area contributed by atoms with Gasteiger partial charge in [-0.25, -0.2) is 9.59 Å². The first-order chi connectivity index (χ1) is 28.4. The van der Waals surface area contributed by atoms with Gasteiger partial charge in [0.2, 0.25) is 0 Å². The highest BCUT2D eigenvalue weighted by Crippen LogP contribution is 2.30. The number of benzene rings is 3. The highest BCUT2D eigenvalue weighted by Gasteiger charge is 2.08. The van der Waals surface area contributed by atoms with E-state index in [4.69, 9.17) is 37.9 Å². The average Bonchev–Trinajstić information content (AvgIpc) is 3.24. The molecule has 3 aromatic rings. The van der Waals surface area contributed by atoms with Crippen molar-refractivity contribution < 1.29 is 47.5 Å². The Labute approximate surface area is 354 Å². The molecule has 0 N–H and O–H groups in total. The normalized spacial score (nSPS) is 11.1. The first kappa shape index (κ1) is 47.7. The third-order valence-corrected chi connectivity index (χ3v) is 9.56. The van der Waals surface area contributed by atoms with E-state index < -0.39 is 0 Å². The van der Waals surface area contributed by atoms with E-state index in [9.17, 15) is 9.59 Å². The number of carbonyl (C=O) groups is 2. The van der Waals surface area contributed by atoms with Crippen LogP contribution in [0.25, 0.3) is 12.2 Å². The van der Waals surface area contributed by atoms with Crippen LogP contribution in [0, 0.1) is 0 Å². The van der Waals surface area contributed by atoms with Crippen LogP contribution in [0.5, 0.6) is 34.5 Å². The summed E-state index contributed by atoms with van der Waals surface area (Å²) < 4.78 is 45.3. The molecule has 0 fully saturated rings. The van der Waals surface area contributed by atoms with Gasteiger partial charge in [-0.15, -0.1) is 0 Å². The largest absolute Gasteiger partial charge is 0.493 e. The summed E-state index contributed by atoms with van der Waals surface area (Å²) in [6, 6.07) is 17.2. The minimum absolute atomic E-state index is 0.369. The zero-order valence-corrected chi connectivity index (χ0v) is 36.5. The zero-order valence-electron chi connectivity index (χ0n) is 34.9. The quantitative estimate of drug-likeness (QED) is 0.0268. The third-order valence-electron chi connectivity index (χ3n) is 8.91. The number of methoxy groups -OCH3 is 2. The summed E-state index contributed by atoms with van der Waals surface area (Å²) in [6.07, 6.45) is 17.6. The Morgan fingerprint density at radius 2 is 0.914 bits per heavy atom. The molecule has 0 amide bonds. The molecular weight excluding hydrogens is 804 g/mol. The van der Waals surface area contributed by atoms with E-state index >= 15 is 0 Å². The van der Waals surface area contributed by atoms with Gasteiger partial charge in [-0.3, -0.25) is 0 Å². The summed E-state index contributed by atoms with van der Waals surface area (Å²) >= 11 is 3.55. The summed E-state index contributed by atoms with van der Waals surface area (Å²) in [5.74, 6) is 3.49. The maximum absolute atomic E-state index is 12.2. The van der Waals surface area contributed by atoms with Gasteiger partial charge in [-0.2, -0.15) is 0 Å². The van der Waals surface area contributed by atoms with E-state index in [1.165, 1.54) is 12.2 Å². The Morgan fingerprint density at radius 1 is 0.500 bits per heavy atom. The van der Waals surface area contributed by atoms with Gasteiger partial charge in [0.15, 0.2) is 23.0 Å². The van der Waals surface area contributed by atoms with Crippen LogP contribution in [-0.2, 0) is 24.4 Å². The van der Waals surface area contributed by atoms with Crippen molar-refractivity contribution in [3.05, 3.63) is 83.4 Å². The fourth-order valence-corrected chi connectivity index (χ4v) is 5.93. The Morgan fingerprint density at radius 3 is 1.31 bits per heavy atom. The number of hydrogen-bond acceptors (Lipinski definition) is 10. The Kier molecular flexibility index (Phi) is 24.3. The van der Waals surface area contributed by atoms with Gasteiger partial charge >= 0.3 is 11.9 Å². The number of carbonyl (C=O) groups excluding carboxylic acids is 2. The molecule has 0 aliphatic rings. The monoisotopic (exact) mass is 866 g/mol. The van der Waals surface area contributed by atoms with E-state index in [2.05, 4.69) is 29.8 Å². The third kappa shape index (κ3) is 19.7. The molecule has 10 nitrogen and oxygen atoms in total. The van der Waals surface area contributed by atoms with Crippen molar-refractivity contribution >= 4 is 40.0 Å². The van der Waals surface area contributed by atoms with Crippen LogP contribution < -0.4 is 28.4 Å². The lowest BCUT2D eigenvalue weighted by molar-refractivity contribution is -0.138. The number of alkyl halides is 1. The van der Waals surface area contributed by atoms with Gasteiger partial charge < -0.3 is 37.9 Å². The second kappa shape index (κ2) is 29.6. The van der Waals surface area contributed by atoms with Gasteiger partial charge in [0.25, 0.3) is 0 Å². The van der Waals surface area contributed by atoms with Crippen LogP contribution in [0.2, 0.25) is 0 Å². The number of halogens is 1. The molecule has 318 valence electrons. The first-order valence-corrected chi connectivity index (χ1v) is 21.8. The standard InChI is InChI=1S/C47H63BrO10/c1-5-7-25-55-42-21-17-37(33-44(42)51-3)19-23-46(49)57-29-15-11-9-13-27-53-40-31-39(36-48)32-41(35-40)54-28-14-10-12-16-30-58-47(50)24-20-38-18-22-43(45(34-38)52-4)56-26-8-6-2/h17-24,31-35H,5-16,25-30,36H2,1-4H3. The molecule has 3 aromatic carbocycles. The van der Waals surface area contributed by atoms with E-state index in [1.807, 2.05) is 54.6 Å². The van der Waals surface area contributed by atoms with Gasteiger partial charge in [-0.05, 0) is 129 Å². The Balaban J connectivity index is 1.23. The molecule has 0 aliphatic heterocycles. The predicted octanol–water partition coefficient (Wildman–Crippen LogP) is 11.3. The van der Waals surface area contributed by atoms with E-state index in [1.54, 1.807) is 26.4 Å². The number of rotatable bonds is 31. The van der Waals surface area contributed by atoms with Gasteiger partial charge in [0.05, 0.1) is 53.9 Å². The van der Waals surface area contributed by atoms with E-state index in [0.717, 1.165) is 105 Å². The number of esters is 2. The topological polar surface area (TPSA) is 108 Å². The van der Waals surface area contributed by atoms with Crippen molar-refractivity contribution in [1.82, 2.24) is 0 Å². The summed E-state index contributed by atoms with van der Waals surface area (Å²) in [7, 11) is 3.21. The van der Waals surface area contributed by atoms with Crippen LogP contribution in [-0.4, -0.2) is 65.8 Å². The van der Waals surface area contributed by atoms with Crippen LogP contribution in [0.15, 0.2) is 66.7 Å².